The molecule has 1 saturated heterocycles. The van der Waals surface area contributed by atoms with Gasteiger partial charge in [0, 0.05) is 26.2 Å². The standard InChI is InChI=1S/C16H17FN6O2S/c1-12-10-13(2-3-14(12)17)26(24,25)22-8-6-21(7-9-22)16-5-4-15-19-18-11-23(15)20-16/h2-5,10-11H,6-9H2,1H3. The Labute approximate surface area is 149 Å². The van der Waals surface area contributed by atoms with E-state index < -0.39 is 15.8 Å². The van der Waals surface area contributed by atoms with Gasteiger partial charge in [-0.25, -0.2) is 12.8 Å². The quantitative estimate of drug-likeness (QED) is 0.680. The minimum absolute atomic E-state index is 0.119. The summed E-state index contributed by atoms with van der Waals surface area (Å²) in [7, 11) is -3.64. The number of sulfonamides is 1. The summed E-state index contributed by atoms with van der Waals surface area (Å²) in [4.78, 5) is 2.13. The molecule has 1 aliphatic rings. The molecule has 2 aromatic heterocycles. The van der Waals surface area contributed by atoms with Gasteiger partial charge in [-0.05, 0) is 42.8 Å². The van der Waals surface area contributed by atoms with E-state index in [9.17, 15) is 12.8 Å². The highest BCUT2D eigenvalue weighted by Gasteiger charge is 2.29. The van der Waals surface area contributed by atoms with Crippen LogP contribution in [0.4, 0.5) is 10.2 Å². The predicted octanol–water partition coefficient (Wildman–Crippen LogP) is 1.08. The van der Waals surface area contributed by atoms with Crippen LogP contribution in [0.15, 0.2) is 41.6 Å². The van der Waals surface area contributed by atoms with Gasteiger partial charge >= 0.3 is 0 Å². The molecule has 1 fully saturated rings. The van der Waals surface area contributed by atoms with E-state index in [-0.39, 0.29) is 4.90 Å². The van der Waals surface area contributed by atoms with Crippen molar-refractivity contribution in [1.82, 2.24) is 24.1 Å². The fourth-order valence-corrected chi connectivity index (χ4v) is 4.48. The van der Waals surface area contributed by atoms with Crippen molar-refractivity contribution >= 4 is 21.5 Å². The van der Waals surface area contributed by atoms with Crippen molar-refractivity contribution in [2.45, 2.75) is 11.8 Å². The van der Waals surface area contributed by atoms with Crippen LogP contribution in [0.2, 0.25) is 0 Å². The summed E-state index contributed by atoms with van der Waals surface area (Å²) in [5, 5.41) is 12.1. The lowest BCUT2D eigenvalue weighted by atomic mass is 10.2. The largest absolute Gasteiger partial charge is 0.353 e. The van der Waals surface area contributed by atoms with E-state index in [1.54, 1.807) is 11.4 Å². The van der Waals surface area contributed by atoms with Crippen molar-refractivity contribution in [3.05, 3.63) is 48.0 Å². The number of fused-ring (bicyclic) bond motifs is 1. The SMILES string of the molecule is Cc1cc(S(=O)(=O)N2CCN(c3ccc4nncn4n3)CC2)ccc1F. The van der Waals surface area contributed by atoms with Crippen molar-refractivity contribution in [2.75, 3.05) is 31.1 Å². The molecule has 4 rings (SSSR count). The molecule has 0 spiro atoms. The molecule has 0 radical (unpaired) electrons. The number of aryl methyl sites for hydroxylation is 1. The van der Waals surface area contributed by atoms with Crippen molar-refractivity contribution in [2.24, 2.45) is 0 Å². The molecular weight excluding hydrogens is 359 g/mol. The van der Waals surface area contributed by atoms with Crippen LogP contribution in [0.5, 0.6) is 0 Å². The van der Waals surface area contributed by atoms with Crippen LogP contribution in [0.1, 0.15) is 5.56 Å². The summed E-state index contributed by atoms with van der Waals surface area (Å²) in [5.41, 5.74) is 0.970. The molecule has 8 nitrogen and oxygen atoms in total. The number of hydrogen-bond donors (Lipinski definition) is 0. The van der Waals surface area contributed by atoms with Crippen LogP contribution >= 0.6 is 0 Å². The summed E-state index contributed by atoms with van der Waals surface area (Å²) in [6, 6.07) is 7.54. The van der Waals surface area contributed by atoms with Crippen LogP contribution in [0.3, 0.4) is 0 Å². The second kappa shape index (κ2) is 6.29. The number of halogens is 1. The van der Waals surface area contributed by atoms with E-state index in [4.69, 9.17) is 0 Å². The fourth-order valence-electron chi connectivity index (χ4n) is 2.97. The van der Waals surface area contributed by atoms with Gasteiger partial charge < -0.3 is 4.90 Å². The number of rotatable bonds is 3. The molecule has 0 saturated carbocycles. The number of benzene rings is 1. The normalized spacial score (nSPS) is 16.3. The van der Waals surface area contributed by atoms with E-state index >= 15 is 0 Å². The number of anilines is 1. The molecule has 0 N–H and O–H groups in total. The van der Waals surface area contributed by atoms with Crippen molar-refractivity contribution < 1.29 is 12.8 Å². The van der Waals surface area contributed by atoms with Gasteiger partial charge in [0.25, 0.3) is 0 Å². The molecule has 136 valence electrons. The second-order valence-corrected chi connectivity index (χ2v) is 8.07. The Morgan fingerprint density at radius 3 is 2.58 bits per heavy atom. The third kappa shape index (κ3) is 2.90. The average molecular weight is 376 g/mol. The Hall–Kier alpha value is -2.59. The van der Waals surface area contributed by atoms with Crippen molar-refractivity contribution in [3.63, 3.8) is 0 Å². The summed E-state index contributed by atoms with van der Waals surface area (Å²) < 4.78 is 42.0. The third-order valence-corrected chi connectivity index (χ3v) is 6.37. The number of hydrogen-bond acceptors (Lipinski definition) is 6. The van der Waals surface area contributed by atoms with E-state index in [2.05, 4.69) is 15.3 Å². The zero-order chi connectivity index (χ0) is 18.3. The molecule has 0 aliphatic carbocycles. The van der Waals surface area contributed by atoms with Crippen molar-refractivity contribution in [3.8, 4) is 0 Å². The van der Waals surface area contributed by atoms with E-state index in [1.807, 2.05) is 17.0 Å². The van der Waals surface area contributed by atoms with Crippen LogP contribution in [-0.2, 0) is 10.0 Å². The lowest BCUT2D eigenvalue weighted by molar-refractivity contribution is 0.383. The highest BCUT2D eigenvalue weighted by Crippen LogP contribution is 2.21. The monoisotopic (exact) mass is 376 g/mol. The Bertz CT molecular complexity index is 1060. The first-order valence-corrected chi connectivity index (χ1v) is 9.57. The van der Waals surface area contributed by atoms with Gasteiger partial charge in [-0.3, -0.25) is 0 Å². The highest BCUT2D eigenvalue weighted by molar-refractivity contribution is 7.89. The number of nitrogens with zero attached hydrogens (tertiary/aromatic N) is 6. The van der Waals surface area contributed by atoms with Gasteiger partial charge in [0.15, 0.2) is 5.65 Å². The molecule has 10 heteroatoms. The summed E-state index contributed by atoms with van der Waals surface area (Å²) in [6.45, 7) is 3.25. The average Bonchev–Trinajstić information content (AvgIpc) is 3.11. The molecule has 1 aromatic carbocycles. The van der Waals surface area contributed by atoms with Crippen molar-refractivity contribution in [1.29, 1.82) is 0 Å². The van der Waals surface area contributed by atoms with Crippen LogP contribution in [0.25, 0.3) is 5.65 Å². The van der Waals surface area contributed by atoms with Gasteiger partial charge in [0.1, 0.15) is 18.0 Å². The molecule has 1 aliphatic heterocycles. The maximum absolute atomic E-state index is 13.4. The number of piperazine rings is 1. The maximum Gasteiger partial charge on any atom is 0.243 e. The number of aromatic nitrogens is 4. The van der Waals surface area contributed by atoms with E-state index in [0.717, 1.165) is 5.82 Å². The maximum atomic E-state index is 13.4. The predicted molar refractivity (Wildman–Crippen MR) is 92.9 cm³/mol. The van der Waals surface area contributed by atoms with Crippen LogP contribution < -0.4 is 4.90 Å². The lowest BCUT2D eigenvalue weighted by Crippen LogP contribution is -2.49. The van der Waals surface area contributed by atoms with Crippen LogP contribution in [0, 0.1) is 12.7 Å². The Kier molecular flexibility index (Phi) is 4.08. The van der Waals surface area contributed by atoms with Gasteiger partial charge in [-0.1, -0.05) is 0 Å². The fraction of sp³-hybridized carbons (Fsp3) is 0.312. The molecule has 26 heavy (non-hydrogen) atoms. The first kappa shape index (κ1) is 16.9. The Balaban J connectivity index is 1.51. The van der Waals surface area contributed by atoms with Gasteiger partial charge in [0.05, 0.1) is 4.90 Å². The molecule has 0 atom stereocenters. The topological polar surface area (TPSA) is 83.7 Å². The molecule has 0 unspecified atom stereocenters. The van der Waals surface area contributed by atoms with Gasteiger partial charge in [0.2, 0.25) is 10.0 Å². The first-order chi connectivity index (χ1) is 12.4. The zero-order valence-corrected chi connectivity index (χ0v) is 14.9. The highest BCUT2D eigenvalue weighted by atomic mass is 32.2. The first-order valence-electron chi connectivity index (χ1n) is 8.13. The zero-order valence-electron chi connectivity index (χ0n) is 14.1. The second-order valence-electron chi connectivity index (χ2n) is 6.13. The van der Waals surface area contributed by atoms with E-state index in [1.165, 1.54) is 28.8 Å². The minimum atomic E-state index is -3.64. The smallest absolute Gasteiger partial charge is 0.243 e. The summed E-state index contributed by atoms with van der Waals surface area (Å²) in [6.07, 6.45) is 1.52. The van der Waals surface area contributed by atoms with Crippen LogP contribution in [-0.4, -0.2) is 58.7 Å². The summed E-state index contributed by atoms with van der Waals surface area (Å²) >= 11 is 0. The molecule has 0 bridgehead atoms. The Morgan fingerprint density at radius 1 is 1.08 bits per heavy atom. The van der Waals surface area contributed by atoms with Gasteiger partial charge in [-0.2, -0.15) is 8.82 Å². The molecular formula is C16H17FN6O2S. The Morgan fingerprint density at radius 2 is 1.85 bits per heavy atom. The minimum Gasteiger partial charge on any atom is -0.353 e. The third-order valence-electron chi connectivity index (χ3n) is 4.48. The van der Waals surface area contributed by atoms with Gasteiger partial charge in [-0.15, -0.1) is 15.3 Å². The molecule has 3 heterocycles. The molecule has 3 aromatic rings. The summed E-state index contributed by atoms with van der Waals surface area (Å²) in [5.74, 6) is 0.330. The molecule has 0 amide bonds. The van der Waals surface area contributed by atoms with E-state index in [0.29, 0.717) is 37.4 Å². The lowest BCUT2D eigenvalue weighted by Gasteiger charge is -2.34.